The molecule has 0 aliphatic carbocycles. The van der Waals surface area contributed by atoms with Gasteiger partial charge in [0.25, 0.3) is 5.91 Å². The van der Waals surface area contributed by atoms with E-state index in [0.717, 1.165) is 21.9 Å². The maximum atomic E-state index is 12.4. The number of amides is 2. The molecule has 0 fully saturated rings. The van der Waals surface area contributed by atoms with Crippen molar-refractivity contribution in [3.8, 4) is 17.0 Å². The Morgan fingerprint density at radius 3 is 2.78 bits per heavy atom. The van der Waals surface area contributed by atoms with Gasteiger partial charge in [-0.05, 0) is 31.2 Å². The molecule has 6 nitrogen and oxygen atoms in total. The highest BCUT2D eigenvalue weighted by molar-refractivity contribution is 7.15. The lowest BCUT2D eigenvalue weighted by atomic mass is 10.1. The summed E-state index contributed by atoms with van der Waals surface area (Å²) in [6.45, 7) is 4.39. The summed E-state index contributed by atoms with van der Waals surface area (Å²) in [5.41, 5.74) is 1.65. The third-order valence-electron chi connectivity index (χ3n) is 3.58. The molecule has 0 radical (unpaired) electrons. The van der Waals surface area contributed by atoms with Gasteiger partial charge in [0.05, 0.1) is 23.7 Å². The molecule has 140 valence electrons. The second kappa shape index (κ2) is 8.79. The van der Waals surface area contributed by atoms with Crippen LogP contribution < -0.4 is 15.4 Å². The Hall–Kier alpha value is -2.71. The lowest BCUT2D eigenvalue weighted by Gasteiger charge is -2.07. The number of rotatable bonds is 7. The first-order chi connectivity index (χ1) is 13.1. The Balaban J connectivity index is 1.69. The Kier molecular flexibility index (Phi) is 6.20. The molecule has 2 N–H and O–H groups in total. The first-order valence-electron chi connectivity index (χ1n) is 8.39. The van der Waals surface area contributed by atoms with Gasteiger partial charge in [0.1, 0.15) is 5.75 Å². The first-order valence-corrected chi connectivity index (χ1v) is 10.1. The number of ether oxygens (including phenoxy) is 1. The molecule has 3 aromatic rings. The topological polar surface area (TPSA) is 80.3 Å². The van der Waals surface area contributed by atoms with Gasteiger partial charge in [-0.15, -0.1) is 22.7 Å². The third kappa shape index (κ3) is 4.93. The molecule has 8 heteroatoms. The second-order valence-corrected chi connectivity index (χ2v) is 7.62. The van der Waals surface area contributed by atoms with Gasteiger partial charge < -0.3 is 10.1 Å². The lowest BCUT2D eigenvalue weighted by molar-refractivity contribution is -0.119. The van der Waals surface area contributed by atoms with Gasteiger partial charge >= 0.3 is 0 Å². The summed E-state index contributed by atoms with van der Waals surface area (Å²) in [4.78, 5) is 29.4. The molecular formula is C19H19N3O3S2. The number of hydrogen-bond acceptors (Lipinski definition) is 6. The molecule has 0 atom stereocenters. The van der Waals surface area contributed by atoms with Gasteiger partial charge in [0.2, 0.25) is 5.91 Å². The van der Waals surface area contributed by atoms with Crippen LogP contribution in [0.1, 0.15) is 28.4 Å². The van der Waals surface area contributed by atoms with Crippen LogP contribution in [0.2, 0.25) is 0 Å². The summed E-state index contributed by atoms with van der Waals surface area (Å²) < 4.78 is 5.64. The molecule has 0 spiro atoms. The number of aromatic nitrogens is 1. The highest BCUT2D eigenvalue weighted by Crippen LogP contribution is 2.32. The predicted molar refractivity (Wildman–Crippen MR) is 109 cm³/mol. The average molecular weight is 402 g/mol. The normalized spacial score (nSPS) is 10.4. The van der Waals surface area contributed by atoms with Gasteiger partial charge in [-0.3, -0.25) is 14.9 Å². The highest BCUT2D eigenvalue weighted by atomic mass is 32.1. The van der Waals surface area contributed by atoms with Crippen LogP contribution in [0.3, 0.4) is 0 Å². The fourth-order valence-corrected chi connectivity index (χ4v) is 3.93. The van der Waals surface area contributed by atoms with Gasteiger partial charge in [-0.1, -0.05) is 12.1 Å². The van der Waals surface area contributed by atoms with E-state index in [1.807, 2.05) is 42.6 Å². The first kappa shape index (κ1) is 19.1. The fourth-order valence-electron chi connectivity index (χ4n) is 2.38. The molecule has 0 unspecified atom stereocenters. The monoisotopic (exact) mass is 401 g/mol. The molecule has 0 aliphatic heterocycles. The number of carbonyl (C=O) groups excluding carboxylic acids is 2. The minimum absolute atomic E-state index is 0.1000. The number of para-hydroxylation sites is 1. The van der Waals surface area contributed by atoms with E-state index in [0.29, 0.717) is 23.2 Å². The quantitative estimate of drug-likeness (QED) is 0.623. The molecule has 3 rings (SSSR count). The Labute approximate surface area is 165 Å². The molecular weight excluding hydrogens is 382 g/mol. The molecule has 0 saturated carbocycles. The van der Waals surface area contributed by atoms with Crippen molar-refractivity contribution in [2.75, 3.05) is 11.9 Å². The SMILES string of the molecule is CCOc1ccccc1-c1csc(NC(=O)c2ccc(CNC(C)=O)s2)n1. The zero-order chi connectivity index (χ0) is 19.2. The minimum atomic E-state index is -0.215. The molecule has 2 aromatic heterocycles. The summed E-state index contributed by atoms with van der Waals surface area (Å²) in [5.74, 6) is 0.453. The van der Waals surface area contributed by atoms with Crippen molar-refractivity contribution in [1.29, 1.82) is 0 Å². The van der Waals surface area contributed by atoms with E-state index in [1.54, 1.807) is 6.07 Å². The van der Waals surface area contributed by atoms with Crippen LogP contribution in [0.25, 0.3) is 11.3 Å². The molecule has 27 heavy (non-hydrogen) atoms. The van der Waals surface area contributed by atoms with Gasteiger partial charge in [0, 0.05) is 22.7 Å². The zero-order valence-corrected chi connectivity index (χ0v) is 16.6. The largest absolute Gasteiger partial charge is 0.493 e. The number of carbonyl (C=O) groups is 2. The van der Waals surface area contributed by atoms with E-state index in [1.165, 1.54) is 29.6 Å². The Bertz CT molecular complexity index is 949. The summed E-state index contributed by atoms with van der Waals surface area (Å²) >= 11 is 2.71. The van der Waals surface area contributed by atoms with E-state index < -0.39 is 0 Å². The van der Waals surface area contributed by atoms with Crippen molar-refractivity contribution in [3.63, 3.8) is 0 Å². The maximum Gasteiger partial charge on any atom is 0.267 e. The average Bonchev–Trinajstić information content (AvgIpc) is 3.30. The maximum absolute atomic E-state index is 12.4. The van der Waals surface area contributed by atoms with Crippen molar-refractivity contribution in [1.82, 2.24) is 10.3 Å². The van der Waals surface area contributed by atoms with Crippen LogP contribution in [0.15, 0.2) is 41.8 Å². The number of nitrogens with one attached hydrogen (secondary N) is 2. The number of hydrogen-bond donors (Lipinski definition) is 2. The molecule has 0 aliphatic rings. The van der Waals surface area contributed by atoms with E-state index in [4.69, 9.17) is 4.74 Å². The molecule has 1 aromatic carbocycles. The van der Waals surface area contributed by atoms with Crippen LogP contribution in [-0.2, 0) is 11.3 Å². The van der Waals surface area contributed by atoms with Gasteiger partial charge in [-0.25, -0.2) is 4.98 Å². The summed E-state index contributed by atoms with van der Waals surface area (Å²) in [7, 11) is 0. The van der Waals surface area contributed by atoms with Crippen LogP contribution >= 0.6 is 22.7 Å². The van der Waals surface area contributed by atoms with E-state index in [2.05, 4.69) is 15.6 Å². The third-order valence-corrected chi connectivity index (χ3v) is 5.43. The van der Waals surface area contributed by atoms with E-state index in [-0.39, 0.29) is 11.8 Å². The van der Waals surface area contributed by atoms with Crippen LogP contribution in [-0.4, -0.2) is 23.4 Å². The zero-order valence-electron chi connectivity index (χ0n) is 14.9. The van der Waals surface area contributed by atoms with Crippen molar-refractivity contribution in [2.45, 2.75) is 20.4 Å². The fraction of sp³-hybridized carbons (Fsp3) is 0.211. The standard InChI is InChI=1S/C19H19N3O3S2/c1-3-25-16-7-5-4-6-14(16)15-11-26-19(21-15)22-18(24)17-9-8-13(27-17)10-20-12(2)23/h4-9,11H,3,10H2,1-2H3,(H,20,23)(H,21,22,24). The number of nitrogens with zero attached hydrogens (tertiary/aromatic N) is 1. The number of thiophene rings is 1. The van der Waals surface area contributed by atoms with Crippen molar-refractivity contribution >= 4 is 39.6 Å². The highest BCUT2D eigenvalue weighted by Gasteiger charge is 2.14. The van der Waals surface area contributed by atoms with Gasteiger partial charge in [-0.2, -0.15) is 0 Å². The van der Waals surface area contributed by atoms with Crippen LogP contribution in [0.5, 0.6) is 5.75 Å². The van der Waals surface area contributed by atoms with Crippen LogP contribution in [0, 0.1) is 0 Å². The predicted octanol–water partition coefficient (Wildman–Crippen LogP) is 4.16. The minimum Gasteiger partial charge on any atom is -0.493 e. The van der Waals surface area contributed by atoms with Crippen molar-refractivity contribution in [2.24, 2.45) is 0 Å². The van der Waals surface area contributed by atoms with E-state index in [9.17, 15) is 9.59 Å². The lowest BCUT2D eigenvalue weighted by Crippen LogP contribution is -2.18. The van der Waals surface area contributed by atoms with Crippen molar-refractivity contribution in [3.05, 3.63) is 51.5 Å². The molecule has 0 bridgehead atoms. The van der Waals surface area contributed by atoms with Crippen LogP contribution in [0.4, 0.5) is 5.13 Å². The molecule has 2 heterocycles. The molecule has 2 amide bonds. The second-order valence-electron chi connectivity index (χ2n) is 5.60. The summed E-state index contributed by atoms with van der Waals surface area (Å²) in [5, 5.41) is 7.97. The summed E-state index contributed by atoms with van der Waals surface area (Å²) in [6, 6.07) is 11.3. The van der Waals surface area contributed by atoms with E-state index >= 15 is 0 Å². The number of benzene rings is 1. The Morgan fingerprint density at radius 1 is 1.19 bits per heavy atom. The summed E-state index contributed by atoms with van der Waals surface area (Å²) in [6.07, 6.45) is 0. The Morgan fingerprint density at radius 2 is 2.00 bits per heavy atom. The van der Waals surface area contributed by atoms with Gasteiger partial charge in [0.15, 0.2) is 5.13 Å². The van der Waals surface area contributed by atoms with Crippen molar-refractivity contribution < 1.29 is 14.3 Å². The smallest absolute Gasteiger partial charge is 0.267 e. The number of anilines is 1. The number of thiazole rings is 1. The molecule has 0 saturated heterocycles.